The lowest BCUT2D eigenvalue weighted by Gasteiger charge is -2.49. The molecule has 2 spiro atoms. The number of carbonyl (C=O) groups is 2. The van der Waals surface area contributed by atoms with Gasteiger partial charge in [0.25, 0.3) is 0 Å². The first-order valence-corrected chi connectivity index (χ1v) is 8.19. The first kappa shape index (κ1) is 13.9. The van der Waals surface area contributed by atoms with Crippen LogP contribution in [0.3, 0.4) is 0 Å². The lowest BCUT2D eigenvalue weighted by Crippen LogP contribution is -2.59. The highest BCUT2D eigenvalue weighted by Crippen LogP contribution is 2.63. The Morgan fingerprint density at radius 1 is 1.24 bits per heavy atom. The molecule has 0 aromatic rings. The predicted octanol–water partition coefficient (Wildman–Crippen LogP) is 1.92. The summed E-state index contributed by atoms with van der Waals surface area (Å²) in [5.74, 6) is 0.857. The minimum absolute atomic E-state index is 0.104. The second-order valence-electron chi connectivity index (χ2n) is 7.47. The molecule has 5 heteroatoms. The van der Waals surface area contributed by atoms with Crippen LogP contribution in [-0.2, 0) is 14.3 Å². The molecule has 0 aromatic carbocycles. The van der Waals surface area contributed by atoms with Crippen molar-refractivity contribution in [2.45, 2.75) is 63.7 Å². The van der Waals surface area contributed by atoms with Crippen molar-refractivity contribution in [1.29, 1.82) is 0 Å². The van der Waals surface area contributed by atoms with Gasteiger partial charge in [0.2, 0.25) is 0 Å². The Morgan fingerprint density at radius 2 is 2.05 bits per heavy atom. The summed E-state index contributed by atoms with van der Waals surface area (Å²) >= 11 is 0. The van der Waals surface area contributed by atoms with Crippen LogP contribution in [0.4, 0.5) is 0 Å². The molecule has 5 atom stereocenters. The highest BCUT2D eigenvalue weighted by Gasteiger charge is 2.72. The smallest absolute Gasteiger partial charge is 0.166 e. The van der Waals surface area contributed by atoms with E-state index in [1.54, 1.807) is 0 Å². The highest BCUT2D eigenvalue weighted by atomic mass is 16.6. The predicted molar refractivity (Wildman–Crippen MR) is 73.5 cm³/mol. The number of ether oxygens (including phenoxy) is 1. The number of Topliss-reactive ketones (excluding diaryl/α,β-unsaturated/α-hetero) is 2. The maximum Gasteiger partial charge on any atom is 0.166 e. The summed E-state index contributed by atoms with van der Waals surface area (Å²) < 4.78 is 6.11. The second-order valence-corrected chi connectivity index (χ2v) is 7.47. The quantitative estimate of drug-likeness (QED) is 0.739. The molecule has 2 bridgehead atoms. The van der Waals surface area contributed by atoms with Gasteiger partial charge in [0, 0.05) is 19.4 Å². The number of fused-ring (bicyclic) bond motifs is 1. The van der Waals surface area contributed by atoms with Gasteiger partial charge in [-0.25, -0.2) is 0 Å². The van der Waals surface area contributed by atoms with E-state index in [4.69, 9.17) is 4.74 Å². The summed E-state index contributed by atoms with van der Waals surface area (Å²) in [6.07, 6.45) is 4.24. The minimum atomic E-state index is -0.943. The third-order valence-corrected chi connectivity index (χ3v) is 6.39. The van der Waals surface area contributed by atoms with E-state index < -0.39 is 17.2 Å². The summed E-state index contributed by atoms with van der Waals surface area (Å²) in [6.45, 7) is 2.63. The Kier molecular flexibility index (Phi) is 2.88. The summed E-state index contributed by atoms with van der Waals surface area (Å²) in [6, 6.07) is 0. The van der Waals surface area contributed by atoms with Crippen molar-refractivity contribution in [2.24, 2.45) is 17.3 Å². The molecule has 2 saturated heterocycles. The van der Waals surface area contributed by atoms with Crippen molar-refractivity contribution in [3.05, 3.63) is 0 Å². The van der Waals surface area contributed by atoms with Crippen LogP contribution in [0.2, 0.25) is 0 Å². The molecule has 0 radical (unpaired) electrons. The van der Waals surface area contributed by atoms with Gasteiger partial charge < -0.3 is 9.94 Å². The van der Waals surface area contributed by atoms with Crippen molar-refractivity contribution in [1.82, 2.24) is 5.06 Å². The molecule has 0 aromatic heterocycles. The van der Waals surface area contributed by atoms with Crippen LogP contribution >= 0.6 is 0 Å². The minimum Gasteiger partial charge on any atom is -0.346 e. The molecule has 3 unspecified atom stereocenters. The van der Waals surface area contributed by atoms with Gasteiger partial charge in [0.05, 0.1) is 5.41 Å². The number of hydrogen-bond donors (Lipinski definition) is 1. The van der Waals surface area contributed by atoms with E-state index in [1.165, 1.54) is 5.06 Å². The zero-order valence-electron chi connectivity index (χ0n) is 12.5. The molecule has 4 fully saturated rings. The third kappa shape index (κ3) is 1.57. The van der Waals surface area contributed by atoms with Crippen LogP contribution in [0.1, 0.15) is 51.9 Å². The van der Waals surface area contributed by atoms with Crippen LogP contribution in [0, 0.1) is 17.3 Å². The summed E-state index contributed by atoms with van der Waals surface area (Å²) in [4.78, 5) is 25.8. The SMILES string of the molecule is CC1CC(=O)C23CCCN(O)[C@@H]4CC[C@]2(O4)C(=O)CC3C1. The van der Waals surface area contributed by atoms with Crippen LogP contribution in [0.25, 0.3) is 0 Å². The average Bonchev–Trinajstić information content (AvgIpc) is 2.95. The summed E-state index contributed by atoms with van der Waals surface area (Å²) in [7, 11) is 0. The maximum atomic E-state index is 13.0. The van der Waals surface area contributed by atoms with Crippen molar-refractivity contribution < 1.29 is 19.5 Å². The van der Waals surface area contributed by atoms with E-state index in [9.17, 15) is 14.8 Å². The van der Waals surface area contributed by atoms with Crippen LogP contribution < -0.4 is 0 Å². The Hall–Kier alpha value is -0.780. The molecule has 2 saturated carbocycles. The molecule has 5 nitrogen and oxygen atoms in total. The van der Waals surface area contributed by atoms with Crippen LogP contribution in [0.15, 0.2) is 0 Å². The molecule has 2 aliphatic carbocycles. The van der Waals surface area contributed by atoms with Crippen molar-refractivity contribution >= 4 is 11.6 Å². The normalized spacial score (nSPS) is 50.5. The Balaban J connectivity index is 1.83. The fourth-order valence-corrected chi connectivity index (χ4v) is 5.58. The van der Waals surface area contributed by atoms with E-state index in [1.807, 2.05) is 0 Å². The number of nitrogens with zero attached hydrogens (tertiary/aromatic N) is 1. The third-order valence-electron chi connectivity index (χ3n) is 6.39. The lowest BCUT2D eigenvalue weighted by molar-refractivity contribution is -0.251. The number of hydroxylamine groups is 2. The lowest BCUT2D eigenvalue weighted by atomic mass is 9.56. The first-order valence-electron chi connectivity index (χ1n) is 8.19. The summed E-state index contributed by atoms with van der Waals surface area (Å²) in [5.41, 5.74) is -1.55. The van der Waals surface area contributed by atoms with Gasteiger partial charge in [-0.3, -0.25) is 9.59 Å². The number of carbonyl (C=O) groups excluding carboxylic acids is 2. The van der Waals surface area contributed by atoms with Gasteiger partial charge in [-0.05, 0) is 43.9 Å². The van der Waals surface area contributed by atoms with Crippen molar-refractivity contribution in [3.63, 3.8) is 0 Å². The van der Waals surface area contributed by atoms with Gasteiger partial charge >= 0.3 is 0 Å². The Morgan fingerprint density at radius 3 is 2.86 bits per heavy atom. The highest BCUT2D eigenvalue weighted by molar-refractivity contribution is 6.02. The van der Waals surface area contributed by atoms with Gasteiger partial charge in [-0.15, -0.1) is 0 Å². The molecule has 21 heavy (non-hydrogen) atoms. The first-order chi connectivity index (χ1) is 9.99. The molecule has 4 rings (SSSR count). The standard InChI is InChI=1S/C16H23NO4/c1-10-7-11-9-13(19)16-5-3-14(21-16)17(20)6-2-4-15(11,16)12(18)8-10/h10-11,14,20H,2-9H2,1H3/t10?,11?,14-,15?,16-/m0/s1. The number of hydrogen-bond acceptors (Lipinski definition) is 5. The largest absolute Gasteiger partial charge is 0.346 e. The number of ketones is 2. The maximum absolute atomic E-state index is 13.0. The fraction of sp³-hybridized carbons (Fsp3) is 0.875. The van der Waals surface area contributed by atoms with E-state index in [0.717, 1.165) is 12.8 Å². The molecule has 2 aliphatic heterocycles. The van der Waals surface area contributed by atoms with Crippen LogP contribution in [-0.4, -0.2) is 40.2 Å². The second kappa shape index (κ2) is 4.37. The summed E-state index contributed by atoms with van der Waals surface area (Å²) in [5, 5.41) is 11.2. The Bertz CT molecular complexity index is 507. The zero-order valence-corrected chi connectivity index (χ0v) is 12.5. The van der Waals surface area contributed by atoms with Gasteiger partial charge in [0.15, 0.2) is 5.78 Å². The molecule has 2 heterocycles. The monoisotopic (exact) mass is 293 g/mol. The van der Waals surface area contributed by atoms with E-state index in [0.29, 0.717) is 44.6 Å². The van der Waals surface area contributed by atoms with Crippen LogP contribution in [0.5, 0.6) is 0 Å². The van der Waals surface area contributed by atoms with Gasteiger partial charge in [-0.1, -0.05) is 6.92 Å². The fourth-order valence-electron chi connectivity index (χ4n) is 5.58. The molecule has 4 aliphatic rings. The zero-order chi connectivity index (χ0) is 14.8. The average molecular weight is 293 g/mol. The van der Waals surface area contributed by atoms with Crippen molar-refractivity contribution in [3.8, 4) is 0 Å². The Labute approximate surface area is 124 Å². The van der Waals surface area contributed by atoms with Gasteiger partial charge in [0.1, 0.15) is 17.6 Å². The van der Waals surface area contributed by atoms with Crippen molar-refractivity contribution in [2.75, 3.05) is 6.54 Å². The molecular formula is C16H23NO4. The topological polar surface area (TPSA) is 66.8 Å². The van der Waals surface area contributed by atoms with E-state index >= 15 is 0 Å². The molecule has 116 valence electrons. The molecule has 0 amide bonds. The molecule has 1 N–H and O–H groups in total. The number of rotatable bonds is 0. The van der Waals surface area contributed by atoms with E-state index in [-0.39, 0.29) is 17.5 Å². The van der Waals surface area contributed by atoms with E-state index in [2.05, 4.69) is 6.92 Å². The molecular weight excluding hydrogens is 270 g/mol. The van der Waals surface area contributed by atoms with Gasteiger partial charge in [-0.2, -0.15) is 5.06 Å².